The number of thioether (sulfide) groups is 1. The molecule has 0 saturated carbocycles. The van der Waals surface area contributed by atoms with E-state index in [-0.39, 0.29) is 16.5 Å². The van der Waals surface area contributed by atoms with Crippen LogP contribution in [-0.4, -0.2) is 40.2 Å². The highest BCUT2D eigenvalue weighted by atomic mass is 32.2. The maximum Gasteiger partial charge on any atom is 0.301 e. The number of aliphatic hydroxyl groups excluding tert-OH is 1. The molecule has 1 saturated heterocycles. The number of fused-ring (bicyclic) bond motifs is 2. The fourth-order valence-corrected chi connectivity index (χ4v) is 7.54. The van der Waals surface area contributed by atoms with Crippen LogP contribution in [0.5, 0.6) is 11.5 Å². The number of aromatic nitrogens is 2. The van der Waals surface area contributed by atoms with Crippen LogP contribution in [0, 0.1) is 0 Å². The maximum atomic E-state index is 13.7. The van der Waals surface area contributed by atoms with Gasteiger partial charge >= 0.3 is 5.91 Å². The molecule has 2 aliphatic heterocycles. The normalized spacial score (nSPS) is 17.4. The van der Waals surface area contributed by atoms with E-state index < -0.39 is 17.7 Å². The van der Waals surface area contributed by atoms with Gasteiger partial charge in [-0.15, -0.1) is 10.2 Å². The van der Waals surface area contributed by atoms with Crippen LogP contribution >= 0.6 is 23.1 Å². The molecular weight excluding hydrogens is 607 g/mol. The molecule has 4 aromatic carbocycles. The van der Waals surface area contributed by atoms with Crippen LogP contribution in [0.1, 0.15) is 48.1 Å². The lowest BCUT2D eigenvalue weighted by atomic mass is 9.93. The number of ether oxygens (including phenoxy) is 2. The van der Waals surface area contributed by atoms with Gasteiger partial charge < -0.3 is 14.6 Å². The minimum Gasteiger partial charge on any atom is -0.507 e. The van der Waals surface area contributed by atoms with Crippen molar-refractivity contribution in [2.45, 2.75) is 35.9 Å². The van der Waals surface area contributed by atoms with E-state index in [0.717, 1.165) is 10.9 Å². The average molecular weight is 636 g/mol. The van der Waals surface area contributed by atoms with Crippen molar-refractivity contribution in [3.8, 4) is 11.5 Å². The second-order valence-corrected chi connectivity index (χ2v) is 13.3. The first kappa shape index (κ1) is 29.1. The van der Waals surface area contributed by atoms with Gasteiger partial charge in [0.05, 0.1) is 11.6 Å². The first-order valence-corrected chi connectivity index (χ1v) is 16.4. The monoisotopic (exact) mass is 635 g/mol. The third-order valence-corrected chi connectivity index (χ3v) is 10.1. The summed E-state index contributed by atoms with van der Waals surface area (Å²) in [6.07, 6.45) is 0. The predicted molar refractivity (Wildman–Crippen MR) is 176 cm³/mol. The van der Waals surface area contributed by atoms with Gasteiger partial charge in [0.1, 0.15) is 19.0 Å². The second kappa shape index (κ2) is 12.0. The van der Waals surface area contributed by atoms with E-state index in [1.165, 1.54) is 38.9 Å². The Morgan fingerprint density at radius 1 is 0.956 bits per heavy atom. The number of hydrogen-bond acceptors (Lipinski definition) is 9. The molecule has 1 fully saturated rings. The van der Waals surface area contributed by atoms with Gasteiger partial charge in [0.2, 0.25) is 5.13 Å². The van der Waals surface area contributed by atoms with Gasteiger partial charge in [-0.25, -0.2) is 0 Å². The van der Waals surface area contributed by atoms with Gasteiger partial charge in [-0.05, 0) is 51.6 Å². The number of aliphatic hydroxyl groups is 1. The summed E-state index contributed by atoms with van der Waals surface area (Å²) >= 11 is 2.77. The molecule has 1 unspecified atom stereocenters. The van der Waals surface area contributed by atoms with Crippen molar-refractivity contribution < 1.29 is 24.2 Å². The Hall–Kier alpha value is -4.67. The number of benzene rings is 4. The SMILES string of the molecule is CC(C)c1ccc(C2C(=C(O)c3ccc4c(c3)OCCO4)C(=O)C(=O)N2c2nnc(SCc3cccc4ccccc34)s2)cc1. The van der Waals surface area contributed by atoms with Gasteiger partial charge in [0.25, 0.3) is 5.78 Å². The van der Waals surface area contributed by atoms with Crippen LogP contribution in [0.2, 0.25) is 0 Å². The molecular formula is C35H29N3O5S2. The molecule has 8 nitrogen and oxygen atoms in total. The number of amides is 1. The lowest BCUT2D eigenvalue weighted by Gasteiger charge is -2.23. The van der Waals surface area contributed by atoms with Gasteiger partial charge in [0.15, 0.2) is 15.8 Å². The minimum absolute atomic E-state index is 0.0193. The second-order valence-electron chi connectivity index (χ2n) is 11.1. The maximum absolute atomic E-state index is 13.7. The third-order valence-electron chi connectivity index (χ3n) is 8.01. The molecule has 3 heterocycles. The molecule has 0 radical (unpaired) electrons. The minimum atomic E-state index is -0.900. The van der Waals surface area contributed by atoms with E-state index in [9.17, 15) is 14.7 Å². The molecule has 7 rings (SSSR count). The largest absolute Gasteiger partial charge is 0.507 e. The summed E-state index contributed by atoms with van der Waals surface area (Å²) in [5.74, 6) is 0.137. The summed E-state index contributed by atoms with van der Waals surface area (Å²) < 4.78 is 12.0. The molecule has 0 aliphatic carbocycles. The Morgan fingerprint density at radius 3 is 2.51 bits per heavy atom. The van der Waals surface area contributed by atoms with E-state index in [1.807, 2.05) is 42.5 Å². The summed E-state index contributed by atoms with van der Waals surface area (Å²) in [6.45, 7) is 5.00. The number of rotatable bonds is 7. The van der Waals surface area contributed by atoms with Gasteiger partial charge in [-0.1, -0.05) is 104 Å². The zero-order valence-electron chi connectivity index (χ0n) is 24.6. The number of carbonyl (C=O) groups is 2. The quantitative estimate of drug-likeness (QED) is 0.0645. The van der Waals surface area contributed by atoms with E-state index in [2.05, 4.69) is 48.3 Å². The average Bonchev–Trinajstić information content (AvgIpc) is 3.64. The molecule has 1 atom stereocenters. The standard InChI is InChI=1S/C35H29N3O5S2/c1-20(2)21-10-12-23(13-11-21)30-29(31(39)24-14-15-27-28(18-24)43-17-16-42-27)32(40)33(41)38(30)34-36-37-35(45-34)44-19-25-8-5-7-22-6-3-4-9-26(22)25/h3-15,18,20,30,39H,16-17,19H2,1-2H3. The van der Waals surface area contributed by atoms with Crippen LogP contribution in [0.4, 0.5) is 5.13 Å². The molecule has 45 heavy (non-hydrogen) atoms. The first-order valence-electron chi connectivity index (χ1n) is 14.6. The molecule has 5 aromatic rings. The van der Waals surface area contributed by atoms with Crippen molar-refractivity contribution in [3.63, 3.8) is 0 Å². The fourth-order valence-electron chi connectivity index (χ4n) is 5.67. The summed E-state index contributed by atoms with van der Waals surface area (Å²) in [7, 11) is 0. The van der Waals surface area contributed by atoms with Gasteiger partial charge in [-0.2, -0.15) is 0 Å². The molecule has 0 spiro atoms. The molecule has 1 N–H and O–H groups in total. The van der Waals surface area contributed by atoms with Crippen molar-refractivity contribution in [3.05, 3.63) is 113 Å². The molecule has 0 bridgehead atoms. The Labute approximate surface area is 268 Å². The summed E-state index contributed by atoms with van der Waals surface area (Å²) in [5, 5.41) is 23.0. The molecule has 1 amide bonds. The smallest absolute Gasteiger partial charge is 0.301 e. The summed E-state index contributed by atoms with van der Waals surface area (Å²) in [6, 6.07) is 26.3. The topological polar surface area (TPSA) is 102 Å². The van der Waals surface area contributed by atoms with E-state index in [4.69, 9.17) is 9.47 Å². The van der Waals surface area contributed by atoms with Crippen molar-refractivity contribution in [2.24, 2.45) is 0 Å². The van der Waals surface area contributed by atoms with E-state index in [1.54, 1.807) is 18.2 Å². The lowest BCUT2D eigenvalue weighted by Crippen LogP contribution is -2.29. The molecule has 1 aromatic heterocycles. The van der Waals surface area contributed by atoms with Crippen molar-refractivity contribution >= 4 is 56.5 Å². The van der Waals surface area contributed by atoms with Crippen molar-refractivity contribution in [2.75, 3.05) is 18.1 Å². The molecule has 2 aliphatic rings. The number of carbonyl (C=O) groups excluding carboxylic acids is 2. The number of hydrogen-bond donors (Lipinski definition) is 1. The Bertz CT molecular complexity index is 1960. The highest BCUT2D eigenvalue weighted by Gasteiger charge is 2.48. The Balaban J connectivity index is 1.26. The Kier molecular flexibility index (Phi) is 7.76. The summed E-state index contributed by atoms with van der Waals surface area (Å²) in [4.78, 5) is 28.7. The van der Waals surface area contributed by atoms with Gasteiger partial charge in [-0.3, -0.25) is 14.5 Å². The van der Waals surface area contributed by atoms with Crippen LogP contribution < -0.4 is 14.4 Å². The first-order chi connectivity index (χ1) is 21.9. The lowest BCUT2D eigenvalue weighted by molar-refractivity contribution is -0.132. The van der Waals surface area contributed by atoms with Crippen molar-refractivity contribution in [1.29, 1.82) is 0 Å². The zero-order chi connectivity index (χ0) is 31.1. The van der Waals surface area contributed by atoms with Crippen LogP contribution in [0.25, 0.3) is 16.5 Å². The number of anilines is 1. The highest BCUT2D eigenvalue weighted by molar-refractivity contribution is 8.00. The van der Waals surface area contributed by atoms with Crippen LogP contribution in [-0.2, 0) is 15.3 Å². The molecule has 10 heteroatoms. The van der Waals surface area contributed by atoms with Gasteiger partial charge in [0, 0.05) is 11.3 Å². The zero-order valence-corrected chi connectivity index (χ0v) is 26.2. The van der Waals surface area contributed by atoms with Crippen molar-refractivity contribution in [1.82, 2.24) is 10.2 Å². The number of nitrogens with zero attached hydrogens (tertiary/aromatic N) is 3. The Morgan fingerprint density at radius 2 is 1.71 bits per heavy atom. The molecule has 226 valence electrons. The number of ketones is 1. The highest BCUT2D eigenvalue weighted by Crippen LogP contribution is 2.45. The van der Waals surface area contributed by atoms with Crippen LogP contribution in [0.15, 0.2) is 94.8 Å². The summed E-state index contributed by atoms with van der Waals surface area (Å²) in [5.41, 5.74) is 3.29. The van der Waals surface area contributed by atoms with E-state index in [0.29, 0.717) is 51.9 Å². The number of Topliss-reactive ketones (excluding diaryl/α,β-unsaturated/α-hetero) is 1. The predicted octanol–water partition coefficient (Wildman–Crippen LogP) is 7.50. The third kappa shape index (κ3) is 5.44. The van der Waals surface area contributed by atoms with E-state index >= 15 is 0 Å². The fraction of sp³-hybridized carbons (Fsp3) is 0.200. The van der Waals surface area contributed by atoms with Crippen LogP contribution in [0.3, 0.4) is 0 Å².